The van der Waals surface area contributed by atoms with Gasteiger partial charge in [0.25, 0.3) is 5.56 Å². The lowest BCUT2D eigenvalue weighted by molar-refractivity contribution is 0.0184. The summed E-state index contributed by atoms with van der Waals surface area (Å²) in [7, 11) is 0. The highest BCUT2D eigenvalue weighted by atomic mass is 19.1. The minimum absolute atomic E-state index is 0.0446. The summed E-state index contributed by atoms with van der Waals surface area (Å²) in [6.07, 6.45) is 5.22. The first kappa shape index (κ1) is 23.3. The molecule has 10 heteroatoms. The van der Waals surface area contributed by atoms with Crippen LogP contribution in [0.3, 0.4) is 0 Å². The van der Waals surface area contributed by atoms with E-state index in [2.05, 4.69) is 26.3 Å². The molecule has 190 valence electrons. The third-order valence-corrected chi connectivity index (χ3v) is 7.45. The quantitative estimate of drug-likeness (QED) is 0.533. The number of nitrogens with one attached hydrogen (secondary N) is 1. The number of aliphatic hydroxyl groups is 1. The third-order valence-electron chi connectivity index (χ3n) is 7.45. The van der Waals surface area contributed by atoms with E-state index in [0.717, 1.165) is 43.6 Å². The molecule has 0 unspecified atom stereocenters. The number of hydrogen-bond acceptors (Lipinski definition) is 8. The van der Waals surface area contributed by atoms with E-state index < -0.39 is 11.9 Å². The van der Waals surface area contributed by atoms with Gasteiger partial charge >= 0.3 is 0 Å². The number of aromatic nitrogens is 3. The molecule has 1 fully saturated rings. The Labute approximate surface area is 207 Å². The number of ether oxygens (including phenoxy) is 2. The normalized spacial score (nSPS) is 23.7. The molecule has 3 aliphatic rings. The highest BCUT2D eigenvalue weighted by molar-refractivity contribution is 5.82. The molecular weight excluding hydrogens is 465 g/mol. The number of pyridine rings is 3. The second kappa shape index (κ2) is 9.76. The Morgan fingerprint density at radius 1 is 1.22 bits per heavy atom. The molecule has 3 aliphatic heterocycles. The zero-order valence-electron chi connectivity index (χ0n) is 20.0. The van der Waals surface area contributed by atoms with Gasteiger partial charge in [-0.3, -0.25) is 19.3 Å². The average molecular weight is 496 g/mol. The minimum Gasteiger partial charge on any atom is -0.492 e. The second-order valence-corrected chi connectivity index (χ2v) is 9.92. The SMILES string of the molecule is O=c1ccc2ncc(F)c3c2n1[C@H](CN1CC[C@@H](O)[C@@H](CNCc2cc4c(cn2)OCCC4)C1)CO3. The van der Waals surface area contributed by atoms with Gasteiger partial charge in [0.05, 0.1) is 42.4 Å². The number of aliphatic hydroxyl groups excluding tert-OH is 1. The Hall–Kier alpha value is -3.08. The van der Waals surface area contributed by atoms with Gasteiger partial charge in [0.1, 0.15) is 17.9 Å². The van der Waals surface area contributed by atoms with Crippen molar-refractivity contribution in [3.63, 3.8) is 0 Å². The Bertz CT molecular complexity index is 1330. The van der Waals surface area contributed by atoms with Gasteiger partial charge in [0, 0.05) is 44.7 Å². The van der Waals surface area contributed by atoms with Crippen LogP contribution in [0.4, 0.5) is 4.39 Å². The molecule has 6 heterocycles. The fraction of sp³-hybridized carbons (Fsp3) is 0.500. The number of halogens is 1. The summed E-state index contributed by atoms with van der Waals surface area (Å²) in [4.78, 5) is 23.7. The summed E-state index contributed by atoms with van der Waals surface area (Å²) in [5.74, 6) is 0.454. The summed E-state index contributed by atoms with van der Waals surface area (Å²) in [5, 5.41) is 14.1. The summed E-state index contributed by atoms with van der Waals surface area (Å²) < 4.78 is 27.3. The lowest BCUT2D eigenvalue weighted by Crippen LogP contribution is -2.49. The average Bonchev–Trinajstić information content (AvgIpc) is 2.89. The third kappa shape index (κ3) is 4.44. The van der Waals surface area contributed by atoms with Gasteiger partial charge in [-0.05, 0) is 37.0 Å². The highest BCUT2D eigenvalue weighted by Gasteiger charge is 2.32. The van der Waals surface area contributed by atoms with Gasteiger partial charge in [-0.2, -0.15) is 0 Å². The van der Waals surface area contributed by atoms with Crippen LogP contribution in [0.15, 0.2) is 35.4 Å². The van der Waals surface area contributed by atoms with Crippen LogP contribution < -0.4 is 20.3 Å². The summed E-state index contributed by atoms with van der Waals surface area (Å²) in [6.45, 7) is 4.22. The first-order chi connectivity index (χ1) is 17.6. The molecule has 1 saturated heterocycles. The number of aryl methyl sites for hydroxylation is 1. The largest absolute Gasteiger partial charge is 0.492 e. The van der Waals surface area contributed by atoms with Crippen molar-refractivity contribution in [2.24, 2.45) is 5.92 Å². The van der Waals surface area contributed by atoms with Gasteiger partial charge in [0.15, 0.2) is 11.6 Å². The van der Waals surface area contributed by atoms with Crippen LogP contribution in [-0.4, -0.2) is 70.0 Å². The summed E-state index contributed by atoms with van der Waals surface area (Å²) in [6, 6.07) is 4.92. The summed E-state index contributed by atoms with van der Waals surface area (Å²) in [5.41, 5.74) is 2.93. The van der Waals surface area contributed by atoms with Crippen molar-refractivity contribution in [2.45, 2.75) is 38.0 Å². The van der Waals surface area contributed by atoms with Crippen LogP contribution >= 0.6 is 0 Å². The van der Waals surface area contributed by atoms with Crippen molar-refractivity contribution >= 4 is 11.0 Å². The predicted octanol–water partition coefficient (Wildman–Crippen LogP) is 1.66. The Balaban J connectivity index is 1.11. The van der Waals surface area contributed by atoms with Gasteiger partial charge in [-0.25, -0.2) is 4.39 Å². The van der Waals surface area contributed by atoms with E-state index in [9.17, 15) is 14.3 Å². The first-order valence-electron chi connectivity index (χ1n) is 12.6. The topological polar surface area (TPSA) is 102 Å². The molecule has 9 nitrogen and oxygen atoms in total. The lowest BCUT2D eigenvalue weighted by atomic mass is 9.94. The van der Waals surface area contributed by atoms with Gasteiger partial charge in [-0.15, -0.1) is 0 Å². The Morgan fingerprint density at radius 2 is 2.14 bits per heavy atom. The highest BCUT2D eigenvalue weighted by Crippen LogP contribution is 2.33. The van der Waals surface area contributed by atoms with Crippen molar-refractivity contribution in [1.82, 2.24) is 24.8 Å². The fourth-order valence-electron chi connectivity index (χ4n) is 5.61. The van der Waals surface area contributed by atoms with E-state index in [1.807, 2.05) is 0 Å². The monoisotopic (exact) mass is 495 g/mol. The molecule has 0 amide bonds. The van der Waals surface area contributed by atoms with E-state index in [1.165, 1.54) is 11.6 Å². The molecule has 0 radical (unpaired) electrons. The zero-order valence-corrected chi connectivity index (χ0v) is 20.0. The number of likely N-dealkylation sites (tertiary alicyclic amines) is 1. The molecule has 36 heavy (non-hydrogen) atoms. The first-order valence-corrected chi connectivity index (χ1v) is 12.6. The van der Waals surface area contributed by atoms with Crippen molar-refractivity contribution in [2.75, 3.05) is 39.4 Å². The lowest BCUT2D eigenvalue weighted by Gasteiger charge is -2.39. The zero-order chi connectivity index (χ0) is 24.6. The van der Waals surface area contributed by atoms with Crippen LogP contribution in [-0.2, 0) is 13.0 Å². The molecule has 3 aromatic heterocycles. The van der Waals surface area contributed by atoms with Gasteiger partial charge < -0.3 is 24.8 Å². The van der Waals surface area contributed by atoms with Crippen molar-refractivity contribution < 1.29 is 19.0 Å². The summed E-state index contributed by atoms with van der Waals surface area (Å²) >= 11 is 0. The molecule has 6 rings (SSSR count). The van der Waals surface area contributed by atoms with Crippen LogP contribution in [0.5, 0.6) is 11.5 Å². The van der Waals surface area contributed by atoms with Gasteiger partial charge in [0.2, 0.25) is 0 Å². The molecule has 0 saturated carbocycles. The van der Waals surface area contributed by atoms with E-state index in [1.54, 1.807) is 16.8 Å². The van der Waals surface area contributed by atoms with E-state index in [0.29, 0.717) is 43.6 Å². The van der Waals surface area contributed by atoms with Crippen LogP contribution in [0.2, 0.25) is 0 Å². The molecule has 3 aromatic rings. The number of fused-ring (bicyclic) bond motifs is 1. The Kier molecular flexibility index (Phi) is 6.32. The molecular formula is C26H30FN5O4. The number of hydrogen-bond donors (Lipinski definition) is 2. The number of piperidine rings is 1. The maximum atomic E-state index is 14.3. The maximum Gasteiger partial charge on any atom is 0.251 e. The molecule has 0 spiro atoms. The van der Waals surface area contributed by atoms with Crippen LogP contribution in [0.1, 0.15) is 30.1 Å². The smallest absolute Gasteiger partial charge is 0.251 e. The maximum absolute atomic E-state index is 14.3. The van der Waals surface area contributed by atoms with E-state index in [4.69, 9.17) is 9.47 Å². The van der Waals surface area contributed by atoms with Crippen molar-refractivity contribution in [1.29, 1.82) is 0 Å². The molecule has 0 bridgehead atoms. The molecule has 0 aliphatic carbocycles. The Morgan fingerprint density at radius 3 is 3.06 bits per heavy atom. The molecule has 0 aromatic carbocycles. The van der Waals surface area contributed by atoms with Crippen LogP contribution in [0, 0.1) is 11.7 Å². The molecule has 3 atom stereocenters. The minimum atomic E-state index is -0.562. The fourth-order valence-corrected chi connectivity index (χ4v) is 5.61. The number of rotatable bonds is 6. The second-order valence-electron chi connectivity index (χ2n) is 9.92. The van der Waals surface area contributed by atoms with Crippen LogP contribution in [0.25, 0.3) is 11.0 Å². The van der Waals surface area contributed by atoms with E-state index in [-0.39, 0.29) is 29.9 Å². The predicted molar refractivity (Wildman–Crippen MR) is 131 cm³/mol. The molecule has 2 N–H and O–H groups in total. The number of nitrogens with zero attached hydrogens (tertiary/aromatic N) is 4. The van der Waals surface area contributed by atoms with Gasteiger partial charge in [-0.1, -0.05) is 0 Å². The van der Waals surface area contributed by atoms with Crippen molar-refractivity contribution in [3.8, 4) is 11.5 Å². The standard InChI is InChI=1S/C26H30FN5O4/c27-20-11-30-21-3-4-24(34)32-19(15-36-26(20)25(21)32)14-31-6-5-22(33)17(13-31)9-28-10-18-8-16-2-1-7-35-23(16)12-29-18/h3-4,8,11-12,17,19,22,28,33H,1-2,5-7,9-10,13-15H2/t17-,19+,22+/m0/s1. The van der Waals surface area contributed by atoms with Crippen molar-refractivity contribution in [3.05, 3.63) is 58.0 Å². The van der Waals surface area contributed by atoms with E-state index >= 15 is 0 Å².